The number of methoxy groups -OCH3 is 2. The van der Waals surface area contributed by atoms with Crippen LogP contribution in [0.5, 0.6) is 11.5 Å². The number of rotatable bonds is 9. The van der Waals surface area contributed by atoms with Gasteiger partial charge in [0.15, 0.2) is 5.96 Å². The van der Waals surface area contributed by atoms with Gasteiger partial charge in [-0.1, -0.05) is 31.2 Å². The molecule has 0 saturated carbocycles. The minimum Gasteiger partial charge on any atom is -0.497 e. The van der Waals surface area contributed by atoms with Crippen molar-refractivity contribution in [3.05, 3.63) is 59.2 Å². The van der Waals surface area contributed by atoms with E-state index in [4.69, 9.17) is 9.47 Å². The van der Waals surface area contributed by atoms with Crippen LogP contribution in [0.25, 0.3) is 0 Å². The van der Waals surface area contributed by atoms with Crippen molar-refractivity contribution in [1.29, 1.82) is 0 Å². The maximum atomic E-state index is 5.50. The van der Waals surface area contributed by atoms with Crippen LogP contribution in [0.4, 0.5) is 0 Å². The quantitative estimate of drug-likeness (QED) is 0.276. The summed E-state index contributed by atoms with van der Waals surface area (Å²) in [5.74, 6) is 2.33. The number of nitrogens with zero attached hydrogens (tertiary/aromatic N) is 3. The van der Waals surface area contributed by atoms with E-state index < -0.39 is 0 Å². The lowest BCUT2D eigenvalue weighted by molar-refractivity contribution is 0.131. The fraction of sp³-hybridized carbons (Fsp3) is 0.480. The second-order valence-electron chi connectivity index (χ2n) is 7.94. The second-order valence-corrected chi connectivity index (χ2v) is 7.94. The molecule has 3 rings (SSSR count). The molecule has 0 aliphatic carbocycles. The lowest BCUT2D eigenvalue weighted by Gasteiger charge is -2.34. The molecule has 0 amide bonds. The van der Waals surface area contributed by atoms with Gasteiger partial charge in [0, 0.05) is 64.5 Å². The van der Waals surface area contributed by atoms with Gasteiger partial charge < -0.3 is 25.0 Å². The van der Waals surface area contributed by atoms with E-state index in [2.05, 4.69) is 56.6 Å². The molecule has 1 aliphatic rings. The van der Waals surface area contributed by atoms with Crippen molar-refractivity contribution in [2.75, 3.05) is 54.0 Å². The van der Waals surface area contributed by atoms with E-state index in [1.165, 1.54) is 11.1 Å². The SMILES string of the molecule is CCN1CCN(Cc2ccccc2CNC(=NC)NCc2ccc(OC)cc2OC)CC1.I. The van der Waals surface area contributed by atoms with Gasteiger partial charge in [-0.2, -0.15) is 0 Å². The number of nitrogens with one attached hydrogen (secondary N) is 2. The van der Waals surface area contributed by atoms with Crippen LogP contribution < -0.4 is 20.1 Å². The molecule has 33 heavy (non-hydrogen) atoms. The molecule has 1 aliphatic heterocycles. The first kappa shape index (κ1) is 27.2. The van der Waals surface area contributed by atoms with Crippen LogP contribution in [0, 0.1) is 0 Å². The molecule has 0 spiro atoms. The van der Waals surface area contributed by atoms with Crippen molar-refractivity contribution >= 4 is 29.9 Å². The Bertz CT molecular complexity index is 885. The van der Waals surface area contributed by atoms with E-state index in [1.54, 1.807) is 21.3 Å². The molecule has 1 saturated heterocycles. The first-order chi connectivity index (χ1) is 15.7. The molecular weight excluding hydrogens is 529 g/mol. The van der Waals surface area contributed by atoms with Gasteiger partial charge in [0.1, 0.15) is 11.5 Å². The number of likely N-dealkylation sites (N-methyl/N-ethyl adjacent to an activating group) is 1. The number of benzene rings is 2. The number of halogens is 1. The Hall–Kier alpha value is -2.04. The minimum atomic E-state index is 0. The molecule has 7 nitrogen and oxygen atoms in total. The predicted molar refractivity (Wildman–Crippen MR) is 146 cm³/mol. The summed E-state index contributed by atoms with van der Waals surface area (Å²) in [7, 11) is 5.12. The summed E-state index contributed by atoms with van der Waals surface area (Å²) < 4.78 is 10.8. The Balaban J connectivity index is 0.00000385. The van der Waals surface area contributed by atoms with E-state index in [1.807, 2.05) is 18.2 Å². The zero-order valence-electron chi connectivity index (χ0n) is 20.3. The summed E-state index contributed by atoms with van der Waals surface area (Å²) in [5.41, 5.74) is 3.72. The van der Waals surface area contributed by atoms with E-state index >= 15 is 0 Å². The van der Waals surface area contributed by atoms with Crippen molar-refractivity contribution in [1.82, 2.24) is 20.4 Å². The topological polar surface area (TPSA) is 61.4 Å². The third-order valence-corrected chi connectivity index (χ3v) is 6.03. The molecule has 0 unspecified atom stereocenters. The summed E-state index contributed by atoms with van der Waals surface area (Å²) in [5, 5.41) is 6.84. The molecular formula is C25H38IN5O2. The molecule has 1 fully saturated rings. The third kappa shape index (κ3) is 8.04. The Kier molecular flexibility index (Phi) is 11.8. The number of hydrogen-bond donors (Lipinski definition) is 2. The average molecular weight is 568 g/mol. The van der Waals surface area contributed by atoms with Crippen LogP contribution in [0.2, 0.25) is 0 Å². The maximum absolute atomic E-state index is 5.50. The van der Waals surface area contributed by atoms with Crippen LogP contribution >= 0.6 is 24.0 Å². The summed E-state index contributed by atoms with van der Waals surface area (Å²) in [6, 6.07) is 14.5. The van der Waals surface area contributed by atoms with Gasteiger partial charge in [-0.15, -0.1) is 24.0 Å². The van der Waals surface area contributed by atoms with Crippen LogP contribution in [0.15, 0.2) is 47.5 Å². The number of guanidine groups is 1. The van der Waals surface area contributed by atoms with Gasteiger partial charge in [0.2, 0.25) is 0 Å². The van der Waals surface area contributed by atoms with Crippen LogP contribution in [-0.4, -0.2) is 69.8 Å². The van der Waals surface area contributed by atoms with E-state index in [9.17, 15) is 0 Å². The van der Waals surface area contributed by atoms with Crippen LogP contribution in [0.3, 0.4) is 0 Å². The molecule has 2 aromatic carbocycles. The Morgan fingerprint density at radius 2 is 1.52 bits per heavy atom. The van der Waals surface area contributed by atoms with Crippen LogP contribution in [0.1, 0.15) is 23.6 Å². The molecule has 1 heterocycles. The van der Waals surface area contributed by atoms with Crippen LogP contribution in [-0.2, 0) is 19.6 Å². The number of ether oxygens (including phenoxy) is 2. The highest BCUT2D eigenvalue weighted by Gasteiger charge is 2.16. The highest BCUT2D eigenvalue weighted by molar-refractivity contribution is 14.0. The zero-order valence-corrected chi connectivity index (χ0v) is 22.6. The van der Waals surface area contributed by atoms with E-state index in [0.717, 1.165) is 68.8 Å². The maximum Gasteiger partial charge on any atom is 0.191 e. The van der Waals surface area contributed by atoms with Crippen molar-refractivity contribution in [2.24, 2.45) is 4.99 Å². The minimum absolute atomic E-state index is 0. The smallest absolute Gasteiger partial charge is 0.191 e. The van der Waals surface area contributed by atoms with Crippen molar-refractivity contribution < 1.29 is 9.47 Å². The number of piperazine rings is 1. The van der Waals surface area contributed by atoms with Gasteiger partial charge in [-0.05, 0) is 29.8 Å². The lowest BCUT2D eigenvalue weighted by Crippen LogP contribution is -2.45. The number of hydrogen-bond acceptors (Lipinski definition) is 5. The third-order valence-electron chi connectivity index (χ3n) is 6.03. The summed E-state index contributed by atoms with van der Waals surface area (Å²) >= 11 is 0. The predicted octanol–water partition coefficient (Wildman–Crippen LogP) is 3.32. The van der Waals surface area contributed by atoms with E-state index in [-0.39, 0.29) is 24.0 Å². The second kappa shape index (κ2) is 14.3. The van der Waals surface area contributed by atoms with Gasteiger partial charge in [0.05, 0.1) is 14.2 Å². The average Bonchev–Trinajstić information content (AvgIpc) is 2.85. The Morgan fingerprint density at radius 1 is 0.879 bits per heavy atom. The Labute approximate surface area is 215 Å². The zero-order chi connectivity index (χ0) is 22.8. The molecule has 0 bridgehead atoms. The largest absolute Gasteiger partial charge is 0.497 e. The highest BCUT2D eigenvalue weighted by Crippen LogP contribution is 2.24. The lowest BCUT2D eigenvalue weighted by atomic mass is 10.1. The normalized spacial score (nSPS) is 15.0. The van der Waals surface area contributed by atoms with Crippen molar-refractivity contribution in [3.63, 3.8) is 0 Å². The number of aliphatic imine (C=N–C) groups is 1. The van der Waals surface area contributed by atoms with Crippen molar-refractivity contribution in [2.45, 2.75) is 26.6 Å². The fourth-order valence-corrected chi connectivity index (χ4v) is 3.97. The molecule has 0 aromatic heterocycles. The van der Waals surface area contributed by atoms with Crippen molar-refractivity contribution in [3.8, 4) is 11.5 Å². The summed E-state index contributed by atoms with van der Waals surface area (Å²) in [4.78, 5) is 9.44. The summed E-state index contributed by atoms with van der Waals surface area (Å²) in [6.07, 6.45) is 0. The molecule has 182 valence electrons. The molecule has 2 N–H and O–H groups in total. The van der Waals surface area contributed by atoms with E-state index in [0.29, 0.717) is 6.54 Å². The highest BCUT2D eigenvalue weighted by atomic mass is 127. The standard InChI is InChI=1S/C25H37N5O2.HI/c1-5-29-12-14-30(15-13-29)19-22-9-7-6-8-20(22)17-27-25(26-2)28-18-21-10-11-23(31-3)16-24(21)32-4;/h6-11,16H,5,12-15,17-19H2,1-4H3,(H2,26,27,28);1H. The molecule has 8 heteroatoms. The molecule has 0 radical (unpaired) electrons. The first-order valence-corrected chi connectivity index (χ1v) is 11.3. The molecule has 2 aromatic rings. The monoisotopic (exact) mass is 567 g/mol. The molecule has 0 atom stereocenters. The summed E-state index contributed by atoms with van der Waals surface area (Å²) in [6.45, 7) is 10.3. The first-order valence-electron chi connectivity index (χ1n) is 11.3. The fourth-order valence-electron chi connectivity index (χ4n) is 3.97. The Morgan fingerprint density at radius 3 is 2.12 bits per heavy atom. The van der Waals surface area contributed by atoms with Gasteiger partial charge in [-0.25, -0.2) is 0 Å². The van der Waals surface area contributed by atoms with Gasteiger partial charge >= 0.3 is 0 Å². The van der Waals surface area contributed by atoms with Gasteiger partial charge in [0.25, 0.3) is 0 Å². The van der Waals surface area contributed by atoms with Gasteiger partial charge in [-0.3, -0.25) is 9.89 Å².